The van der Waals surface area contributed by atoms with E-state index in [0.717, 1.165) is 16.7 Å². The Morgan fingerprint density at radius 1 is 0.964 bits per heavy atom. The predicted molar refractivity (Wildman–Crippen MR) is 113 cm³/mol. The van der Waals surface area contributed by atoms with Crippen molar-refractivity contribution in [3.05, 3.63) is 99.0 Å². The quantitative estimate of drug-likeness (QED) is 0.409. The smallest absolute Gasteiger partial charge is 0.128 e. The third-order valence-electron chi connectivity index (χ3n) is 4.01. The van der Waals surface area contributed by atoms with Gasteiger partial charge in [-0.25, -0.2) is 0 Å². The average Bonchev–Trinajstić information content (AvgIpc) is 2.72. The lowest BCUT2D eigenvalue weighted by atomic mass is 10.1. The molecule has 0 fully saturated rings. The number of benzene rings is 3. The van der Waals surface area contributed by atoms with Crippen molar-refractivity contribution >= 4 is 29.4 Å². The van der Waals surface area contributed by atoms with Gasteiger partial charge in [0.15, 0.2) is 0 Å². The van der Waals surface area contributed by atoms with Crippen LogP contribution in [0, 0.1) is 11.3 Å². The van der Waals surface area contributed by atoms with E-state index in [4.69, 9.17) is 33.2 Å². The lowest BCUT2D eigenvalue weighted by Gasteiger charge is -2.09. The van der Waals surface area contributed by atoms with Gasteiger partial charge in [0.2, 0.25) is 0 Å². The summed E-state index contributed by atoms with van der Waals surface area (Å²) in [6, 6.07) is 22.4. The van der Waals surface area contributed by atoms with Crippen molar-refractivity contribution in [1.29, 1.82) is 5.26 Å². The number of rotatable bonds is 7. The van der Waals surface area contributed by atoms with Crippen LogP contribution in [0.25, 0.3) is 0 Å². The van der Waals surface area contributed by atoms with Crippen LogP contribution in [0.2, 0.25) is 10.0 Å². The number of hydrogen-bond acceptors (Lipinski definition) is 4. The molecule has 3 aromatic carbocycles. The fourth-order valence-corrected chi connectivity index (χ4v) is 3.03. The second-order valence-corrected chi connectivity index (χ2v) is 6.74. The summed E-state index contributed by atoms with van der Waals surface area (Å²) in [5.74, 6) is 0.716. The van der Waals surface area contributed by atoms with Crippen LogP contribution in [0.15, 0.2) is 71.8 Å². The Hall–Kier alpha value is -3.00. The number of nitriles is 1. The summed E-state index contributed by atoms with van der Waals surface area (Å²) in [5, 5.41) is 14.3. The number of hydrazone groups is 1. The molecule has 0 aliphatic rings. The maximum Gasteiger partial charge on any atom is 0.128 e. The first-order valence-electron chi connectivity index (χ1n) is 8.57. The normalized spacial score (nSPS) is 10.6. The number of halogens is 2. The third-order valence-corrected chi connectivity index (χ3v) is 4.72. The Kier molecular flexibility index (Phi) is 6.91. The largest absolute Gasteiger partial charge is 0.488 e. The zero-order valence-electron chi connectivity index (χ0n) is 14.9. The molecular weight excluding hydrogens is 393 g/mol. The van der Waals surface area contributed by atoms with Crippen molar-refractivity contribution in [3.8, 4) is 11.8 Å². The second kappa shape index (κ2) is 9.80. The van der Waals surface area contributed by atoms with E-state index < -0.39 is 0 Å². The summed E-state index contributed by atoms with van der Waals surface area (Å²) < 4.78 is 5.91. The highest BCUT2D eigenvalue weighted by molar-refractivity contribution is 6.35. The van der Waals surface area contributed by atoms with Gasteiger partial charge in [-0.2, -0.15) is 10.4 Å². The van der Waals surface area contributed by atoms with Gasteiger partial charge in [0.1, 0.15) is 12.4 Å². The second-order valence-electron chi connectivity index (χ2n) is 5.93. The van der Waals surface area contributed by atoms with Gasteiger partial charge >= 0.3 is 0 Å². The van der Waals surface area contributed by atoms with E-state index in [0.29, 0.717) is 34.5 Å². The molecule has 0 aliphatic heterocycles. The highest BCUT2D eigenvalue weighted by Crippen LogP contribution is 2.24. The minimum Gasteiger partial charge on any atom is -0.488 e. The fraction of sp³-hybridized carbons (Fsp3) is 0.0909. The number of hydrogen-bond donors (Lipinski definition) is 1. The SMILES string of the molecule is N#Cc1ccc(COc2ccccc2/C=N/NCc2c(Cl)cccc2Cl)cc1. The van der Waals surface area contributed by atoms with Crippen LogP contribution in [-0.4, -0.2) is 6.21 Å². The molecule has 4 nitrogen and oxygen atoms in total. The van der Waals surface area contributed by atoms with Gasteiger partial charge in [-0.3, -0.25) is 0 Å². The minimum atomic E-state index is 0.402. The Morgan fingerprint density at radius 3 is 2.39 bits per heavy atom. The standard InChI is InChI=1S/C22H17Cl2N3O/c23-20-5-3-6-21(24)19(20)14-27-26-13-18-4-1-2-7-22(18)28-15-17-10-8-16(12-25)9-11-17/h1-11,13,27H,14-15H2/b26-13+. The van der Waals surface area contributed by atoms with E-state index in [9.17, 15) is 0 Å². The Morgan fingerprint density at radius 2 is 1.68 bits per heavy atom. The van der Waals surface area contributed by atoms with Gasteiger partial charge in [-0.1, -0.05) is 53.5 Å². The first kappa shape index (κ1) is 19.8. The lowest BCUT2D eigenvalue weighted by Crippen LogP contribution is -2.07. The van der Waals surface area contributed by atoms with E-state index in [1.165, 1.54) is 0 Å². The van der Waals surface area contributed by atoms with Crippen LogP contribution < -0.4 is 10.2 Å². The zero-order chi connectivity index (χ0) is 19.8. The van der Waals surface area contributed by atoms with Gasteiger partial charge in [0, 0.05) is 21.2 Å². The molecule has 1 N–H and O–H groups in total. The molecule has 0 radical (unpaired) electrons. The van der Waals surface area contributed by atoms with E-state index in [2.05, 4.69) is 16.6 Å². The molecule has 3 aromatic rings. The molecule has 0 unspecified atom stereocenters. The molecule has 0 saturated carbocycles. The van der Waals surface area contributed by atoms with E-state index >= 15 is 0 Å². The van der Waals surface area contributed by atoms with Gasteiger partial charge in [0.05, 0.1) is 24.4 Å². The van der Waals surface area contributed by atoms with E-state index in [-0.39, 0.29) is 0 Å². The maximum atomic E-state index is 8.86. The summed E-state index contributed by atoms with van der Waals surface area (Å²) in [6.45, 7) is 0.822. The number of nitrogens with one attached hydrogen (secondary N) is 1. The highest BCUT2D eigenvalue weighted by atomic mass is 35.5. The van der Waals surface area contributed by atoms with Crippen LogP contribution >= 0.6 is 23.2 Å². The molecule has 140 valence electrons. The summed E-state index contributed by atoms with van der Waals surface area (Å²) in [7, 11) is 0. The van der Waals surface area contributed by atoms with Gasteiger partial charge in [-0.15, -0.1) is 0 Å². The molecule has 0 atom stereocenters. The molecule has 0 spiro atoms. The van der Waals surface area contributed by atoms with E-state index in [1.807, 2.05) is 36.4 Å². The molecule has 0 aliphatic carbocycles. The first-order valence-corrected chi connectivity index (χ1v) is 9.32. The Balaban J connectivity index is 1.61. The molecule has 0 amide bonds. The summed E-state index contributed by atoms with van der Waals surface area (Å²) in [5.41, 5.74) is 6.21. The summed E-state index contributed by atoms with van der Waals surface area (Å²) in [6.07, 6.45) is 1.69. The van der Waals surface area contributed by atoms with Crippen LogP contribution in [-0.2, 0) is 13.2 Å². The molecule has 0 aromatic heterocycles. The van der Waals surface area contributed by atoms with Crippen LogP contribution in [0.1, 0.15) is 22.3 Å². The van der Waals surface area contributed by atoms with Crippen molar-refractivity contribution in [2.45, 2.75) is 13.2 Å². The number of para-hydroxylation sites is 1. The van der Waals surface area contributed by atoms with Crippen LogP contribution in [0.4, 0.5) is 0 Å². The average molecular weight is 410 g/mol. The molecule has 6 heteroatoms. The van der Waals surface area contributed by atoms with Crippen molar-refractivity contribution in [1.82, 2.24) is 5.43 Å². The van der Waals surface area contributed by atoms with Crippen LogP contribution in [0.5, 0.6) is 5.75 Å². The monoisotopic (exact) mass is 409 g/mol. The minimum absolute atomic E-state index is 0.402. The van der Waals surface area contributed by atoms with Gasteiger partial charge in [-0.05, 0) is 42.0 Å². The first-order chi connectivity index (χ1) is 13.7. The molecular formula is C22H17Cl2N3O. The molecule has 3 rings (SSSR count). The molecule has 0 bridgehead atoms. The van der Waals surface area contributed by atoms with Crippen molar-refractivity contribution < 1.29 is 4.74 Å². The topological polar surface area (TPSA) is 57.4 Å². The highest BCUT2D eigenvalue weighted by Gasteiger charge is 2.05. The Labute approximate surface area is 174 Å². The molecule has 0 heterocycles. The van der Waals surface area contributed by atoms with Crippen molar-refractivity contribution in [2.75, 3.05) is 0 Å². The summed E-state index contributed by atoms with van der Waals surface area (Å²) >= 11 is 12.3. The van der Waals surface area contributed by atoms with Gasteiger partial charge < -0.3 is 10.2 Å². The van der Waals surface area contributed by atoms with E-state index in [1.54, 1.807) is 36.5 Å². The van der Waals surface area contributed by atoms with Crippen molar-refractivity contribution in [3.63, 3.8) is 0 Å². The van der Waals surface area contributed by atoms with Gasteiger partial charge in [0.25, 0.3) is 0 Å². The third kappa shape index (κ3) is 5.26. The van der Waals surface area contributed by atoms with Crippen molar-refractivity contribution in [2.24, 2.45) is 5.10 Å². The summed E-state index contributed by atoms with van der Waals surface area (Å²) in [4.78, 5) is 0. The Bertz CT molecular complexity index is 991. The number of ether oxygens (including phenoxy) is 1. The molecule has 28 heavy (non-hydrogen) atoms. The lowest BCUT2D eigenvalue weighted by molar-refractivity contribution is 0.306. The fourth-order valence-electron chi connectivity index (χ4n) is 2.50. The van der Waals surface area contributed by atoms with Crippen LogP contribution in [0.3, 0.4) is 0 Å². The maximum absolute atomic E-state index is 8.86. The molecule has 0 saturated heterocycles. The number of nitrogens with zero attached hydrogens (tertiary/aromatic N) is 2. The predicted octanol–water partition coefficient (Wildman–Crippen LogP) is 5.57. The zero-order valence-corrected chi connectivity index (χ0v) is 16.4.